The number of rotatable bonds is 2. The predicted molar refractivity (Wildman–Crippen MR) is 85.9 cm³/mol. The van der Waals surface area contributed by atoms with Crippen molar-refractivity contribution in [3.05, 3.63) is 15.5 Å². The average molecular weight is 391 g/mol. The van der Waals surface area contributed by atoms with Gasteiger partial charge in [0.25, 0.3) is 0 Å². The lowest BCUT2D eigenvalue weighted by atomic mass is 10.1. The monoisotopic (exact) mass is 391 g/mol. The van der Waals surface area contributed by atoms with Crippen LogP contribution in [0.3, 0.4) is 0 Å². The van der Waals surface area contributed by atoms with Gasteiger partial charge in [0.05, 0.1) is 15.4 Å². The minimum absolute atomic E-state index is 0.236. The summed E-state index contributed by atoms with van der Waals surface area (Å²) in [5, 5.41) is 4.63. The van der Waals surface area contributed by atoms with Crippen molar-refractivity contribution in [1.29, 1.82) is 0 Å². The van der Waals surface area contributed by atoms with Crippen molar-refractivity contribution < 1.29 is 9.53 Å². The predicted octanol–water partition coefficient (Wildman–Crippen LogP) is 3.40. The Kier molecular flexibility index (Phi) is 4.32. The number of nitrogens with zero attached hydrogens (tertiary/aromatic N) is 3. The van der Waals surface area contributed by atoms with Crippen molar-refractivity contribution in [2.45, 2.75) is 52.2 Å². The van der Waals surface area contributed by atoms with Crippen LogP contribution in [-0.2, 0) is 4.74 Å². The van der Waals surface area contributed by atoms with Crippen molar-refractivity contribution >= 4 is 28.7 Å². The van der Waals surface area contributed by atoms with E-state index in [-0.39, 0.29) is 12.1 Å². The van der Waals surface area contributed by atoms with E-state index in [2.05, 4.69) is 47.6 Å². The zero-order valence-corrected chi connectivity index (χ0v) is 14.8. The molecule has 1 aromatic rings. The van der Waals surface area contributed by atoms with Crippen molar-refractivity contribution in [3.8, 4) is 0 Å². The lowest BCUT2D eigenvalue weighted by Crippen LogP contribution is -2.52. The van der Waals surface area contributed by atoms with Crippen LogP contribution in [0.1, 0.15) is 52.3 Å². The second kappa shape index (κ2) is 5.54. The van der Waals surface area contributed by atoms with Gasteiger partial charge >= 0.3 is 6.09 Å². The number of likely N-dealkylation sites (tertiary alicyclic amines) is 1. The minimum atomic E-state index is -0.437. The molecule has 0 radical (unpaired) electrons. The maximum Gasteiger partial charge on any atom is 0.410 e. The Balaban J connectivity index is 1.95. The topological polar surface area (TPSA) is 47.4 Å². The normalized spacial score (nSPS) is 16.4. The fraction of sp³-hybridized carbons (Fsp3) is 0.714. The first-order chi connectivity index (χ1) is 9.17. The molecular formula is C14H22IN3O2. The summed E-state index contributed by atoms with van der Waals surface area (Å²) in [7, 11) is 0. The van der Waals surface area contributed by atoms with E-state index in [0.29, 0.717) is 19.0 Å². The fourth-order valence-corrected chi connectivity index (χ4v) is 2.83. The van der Waals surface area contributed by atoms with E-state index in [1.54, 1.807) is 4.90 Å². The number of amides is 1. The standard InChI is InChI=1S/C14H22IN3O2/c1-9(2)11-6-12(15)18(16-11)10-7-17(8-10)13(19)20-14(3,4)5/h6,9-10H,7-8H2,1-5H3. The van der Waals surface area contributed by atoms with Gasteiger partial charge in [0.15, 0.2) is 0 Å². The molecule has 0 aromatic carbocycles. The fourth-order valence-electron chi connectivity index (χ4n) is 2.01. The maximum atomic E-state index is 11.9. The molecule has 0 aliphatic carbocycles. The van der Waals surface area contributed by atoms with Crippen molar-refractivity contribution in [2.24, 2.45) is 0 Å². The van der Waals surface area contributed by atoms with Gasteiger partial charge in [-0.25, -0.2) is 4.79 Å². The van der Waals surface area contributed by atoms with Crippen LogP contribution in [0.2, 0.25) is 0 Å². The molecule has 0 saturated carbocycles. The molecule has 112 valence electrons. The van der Waals surface area contributed by atoms with Gasteiger partial charge < -0.3 is 9.64 Å². The van der Waals surface area contributed by atoms with Crippen LogP contribution in [-0.4, -0.2) is 39.5 Å². The molecule has 0 unspecified atom stereocenters. The number of hydrogen-bond acceptors (Lipinski definition) is 3. The molecule has 6 heteroatoms. The van der Waals surface area contributed by atoms with Gasteiger partial charge in [-0.1, -0.05) is 13.8 Å². The first-order valence-electron chi connectivity index (χ1n) is 6.90. The molecule has 1 saturated heterocycles. The summed E-state index contributed by atoms with van der Waals surface area (Å²) in [6, 6.07) is 2.38. The highest BCUT2D eigenvalue weighted by atomic mass is 127. The first kappa shape index (κ1) is 15.6. The Bertz CT molecular complexity index is 499. The summed E-state index contributed by atoms with van der Waals surface area (Å²) in [6.45, 7) is 11.3. The molecule has 5 nitrogen and oxygen atoms in total. The van der Waals surface area contributed by atoms with Gasteiger partial charge in [-0.15, -0.1) is 0 Å². The first-order valence-corrected chi connectivity index (χ1v) is 7.98. The van der Waals surface area contributed by atoms with E-state index in [4.69, 9.17) is 4.74 Å². The Morgan fingerprint density at radius 1 is 1.45 bits per heavy atom. The van der Waals surface area contributed by atoms with E-state index < -0.39 is 5.60 Å². The third-order valence-electron chi connectivity index (χ3n) is 3.16. The highest BCUT2D eigenvalue weighted by Gasteiger charge is 2.36. The molecule has 0 bridgehead atoms. The number of halogens is 1. The Labute approximate surface area is 133 Å². The Hall–Kier alpha value is -0.790. The van der Waals surface area contributed by atoms with E-state index >= 15 is 0 Å². The van der Waals surface area contributed by atoms with Crippen LogP contribution in [0.4, 0.5) is 4.79 Å². The molecule has 1 aromatic heterocycles. The van der Waals surface area contributed by atoms with E-state index in [1.165, 1.54) is 0 Å². The SMILES string of the molecule is CC(C)c1cc(I)n(C2CN(C(=O)OC(C)(C)C)C2)n1. The van der Waals surface area contributed by atoms with Crippen LogP contribution < -0.4 is 0 Å². The minimum Gasteiger partial charge on any atom is -0.444 e. The zero-order chi connectivity index (χ0) is 15.1. The number of aromatic nitrogens is 2. The molecule has 1 fully saturated rings. The third kappa shape index (κ3) is 3.45. The largest absolute Gasteiger partial charge is 0.444 e. The lowest BCUT2D eigenvalue weighted by molar-refractivity contribution is -0.000770. The van der Waals surface area contributed by atoms with Crippen molar-refractivity contribution in [3.63, 3.8) is 0 Å². The van der Waals surface area contributed by atoms with E-state index in [1.807, 2.05) is 25.5 Å². The van der Waals surface area contributed by atoms with Gasteiger partial charge in [-0.2, -0.15) is 5.10 Å². The molecule has 0 spiro atoms. The molecule has 1 aliphatic heterocycles. The van der Waals surface area contributed by atoms with Crippen LogP contribution >= 0.6 is 22.6 Å². The summed E-state index contributed by atoms with van der Waals surface area (Å²) < 4.78 is 8.50. The van der Waals surface area contributed by atoms with Crippen LogP contribution in [0.15, 0.2) is 6.07 Å². The quantitative estimate of drug-likeness (QED) is 0.727. The molecule has 2 rings (SSSR count). The van der Waals surface area contributed by atoms with E-state index in [0.717, 1.165) is 9.39 Å². The van der Waals surface area contributed by atoms with E-state index in [9.17, 15) is 4.79 Å². The number of hydrogen-bond donors (Lipinski definition) is 0. The lowest BCUT2D eigenvalue weighted by Gasteiger charge is -2.39. The number of carbonyl (C=O) groups excluding carboxylic acids is 1. The maximum absolute atomic E-state index is 11.9. The average Bonchev–Trinajstić information content (AvgIpc) is 2.56. The van der Waals surface area contributed by atoms with Crippen LogP contribution in [0, 0.1) is 3.70 Å². The Morgan fingerprint density at radius 3 is 2.50 bits per heavy atom. The third-order valence-corrected chi connectivity index (χ3v) is 3.97. The highest BCUT2D eigenvalue weighted by Crippen LogP contribution is 2.27. The van der Waals surface area contributed by atoms with Gasteiger partial charge in [-0.3, -0.25) is 4.68 Å². The van der Waals surface area contributed by atoms with Gasteiger partial charge in [0.1, 0.15) is 5.60 Å². The summed E-state index contributed by atoms with van der Waals surface area (Å²) in [6.07, 6.45) is -0.236. The molecule has 1 amide bonds. The number of ether oxygens (including phenoxy) is 1. The van der Waals surface area contributed by atoms with Gasteiger partial charge in [0, 0.05) is 13.1 Å². The van der Waals surface area contributed by atoms with Crippen LogP contribution in [0.5, 0.6) is 0 Å². The summed E-state index contributed by atoms with van der Waals surface area (Å²) >= 11 is 2.30. The second-order valence-corrected chi connectivity index (χ2v) is 7.64. The van der Waals surface area contributed by atoms with Gasteiger partial charge in [0.2, 0.25) is 0 Å². The molecule has 20 heavy (non-hydrogen) atoms. The zero-order valence-electron chi connectivity index (χ0n) is 12.7. The Morgan fingerprint density at radius 2 is 2.05 bits per heavy atom. The second-order valence-electron chi connectivity index (χ2n) is 6.53. The number of carbonyl (C=O) groups is 1. The van der Waals surface area contributed by atoms with Crippen LogP contribution in [0.25, 0.3) is 0 Å². The van der Waals surface area contributed by atoms with Crippen molar-refractivity contribution in [1.82, 2.24) is 14.7 Å². The smallest absolute Gasteiger partial charge is 0.410 e. The summed E-state index contributed by atoms with van der Waals surface area (Å²) in [5.74, 6) is 0.423. The summed E-state index contributed by atoms with van der Waals surface area (Å²) in [4.78, 5) is 13.6. The molecule has 0 atom stereocenters. The highest BCUT2D eigenvalue weighted by molar-refractivity contribution is 14.1. The molecule has 1 aliphatic rings. The molecular weight excluding hydrogens is 369 g/mol. The van der Waals surface area contributed by atoms with Crippen molar-refractivity contribution in [2.75, 3.05) is 13.1 Å². The molecule has 0 N–H and O–H groups in total. The van der Waals surface area contributed by atoms with Gasteiger partial charge in [-0.05, 0) is 55.3 Å². The molecule has 2 heterocycles. The summed E-state index contributed by atoms with van der Waals surface area (Å²) in [5.41, 5.74) is 0.665.